The highest BCUT2D eigenvalue weighted by atomic mass is 32.2. The molecule has 0 radical (unpaired) electrons. The number of piperazine rings is 1. The molecular formula is C27H29N2OS+. The van der Waals surface area contributed by atoms with E-state index in [4.69, 9.17) is 0 Å². The Morgan fingerprint density at radius 2 is 1.45 bits per heavy atom. The molecule has 1 fully saturated rings. The van der Waals surface area contributed by atoms with Gasteiger partial charge in [0.1, 0.15) is 5.25 Å². The summed E-state index contributed by atoms with van der Waals surface area (Å²) in [6.07, 6.45) is 4.44. The SMILES string of the molecule is O=C([C@@H](Sc1ccccc1)c1ccccc1)N1CC[NH+](C/C=C/c2ccccc2)CC1. The van der Waals surface area contributed by atoms with Gasteiger partial charge in [0.25, 0.3) is 0 Å². The molecule has 1 saturated heterocycles. The maximum Gasteiger partial charge on any atom is 0.240 e. The number of benzene rings is 3. The first kappa shape index (κ1) is 21.4. The summed E-state index contributed by atoms with van der Waals surface area (Å²) in [6, 6.07) is 30.8. The van der Waals surface area contributed by atoms with E-state index >= 15 is 0 Å². The second-order valence-electron chi connectivity index (χ2n) is 7.81. The molecule has 0 bridgehead atoms. The van der Waals surface area contributed by atoms with Gasteiger partial charge in [0, 0.05) is 4.90 Å². The van der Waals surface area contributed by atoms with E-state index in [1.807, 2.05) is 42.5 Å². The molecule has 158 valence electrons. The topological polar surface area (TPSA) is 24.8 Å². The largest absolute Gasteiger partial charge is 0.330 e. The number of nitrogens with zero attached hydrogens (tertiary/aromatic N) is 1. The van der Waals surface area contributed by atoms with Crippen molar-refractivity contribution in [1.29, 1.82) is 0 Å². The minimum Gasteiger partial charge on any atom is -0.330 e. The van der Waals surface area contributed by atoms with Crippen LogP contribution in [0.25, 0.3) is 6.08 Å². The molecule has 3 aromatic carbocycles. The molecule has 1 amide bonds. The van der Waals surface area contributed by atoms with Crippen molar-refractivity contribution in [2.45, 2.75) is 10.1 Å². The molecule has 1 atom stereocenters. The van der Waals surface area contributed by atoms with Crippen molar-refractivity contribution in [3.63, 3.8) is 0 Å². The van der Waals surface area contributed by atoms with Gasteiger partial charge in [-0.15, -0.1) is 11.8 Å². The van der Waals surface area contributed by atoms with Gasteiger partial charge in [0.05, 0.1) is 32.7 Å². The summed E-state index contributed by atoms with van der Waals surface area (Å²) >= 11 is 1.65. The lowest BCUT2D eigenvalue weighted by atomic mass is 10.1. The van der Waals surface area contributed by atoms with Gasteiger partial charge >= 0.3 is 0 Å². The maximum atomic E-state index is 13.5. The van der Waals surface area contributed by atoms with Crippen molar-refractivity contribution in [1.82, 2.24) is 4.90 Å². The lowest BCUT2D eigenvalue weighted by Crippen LogP contribution is -3.14. The van der Waals surface area contributed by atoms with Crippen LogP contribution in [0, 0.1) is 0 Å². The van der Waals surface area contributed by atoms with Crippen LogP contribution in [0.1, 0.15) is 16.4 Å². The van der Waals surface area contributed by atoms with Crippen molar-refractivity contribution in [2.75, 3.05) is 32.7 Å². The van der Waals surface area contributed by atoms with Crippen LogP contribution in [-0.4, -0.2) is 43.5 Å². The average molecular weight is 430 g/mol. The predicted octanol–water partition coefficient (Wildman–Crippen LogP) is 3.96. The van der Waals surface area contributed by atoms with Crippen molar-refractivity contribution in [3.05, 3.63) is 108 Å². The summed E-state index contributed by atoms with van der Waals surface area (Å²) in [7, 11) is 0. The smallest absolute Gasteiger partial charge is 0.240 e. The number of quaternary nitrogens is 1. The van der Waals surface area contributed by atoms with Gasteiger partial charge in [0.15, 0.2) is 0 Å². The Hall–Kier alpha value is -2.82. The van der Waals surface area contributed by atoms with E-state index in [0.29, 0.717) is 0 Å². The molecule has 0 unspecified atom stereocenters. The van der Waals surface area contributed by atoms with Gasteiger partial charge in [-0.25, -0.2) is 0 Å². The quantitative estimate of drug-likeness (QED) is 0.575. The van der Waals surface area contributed by atoms with Crippen LogP contribution in [0.5, 0.6) is 0 Å². The second-order valence-corrected chi connectivity index (χ2v) is 8.99. The van der Waals surface area contributed by atoms with E-state index in [2.05, 4.69) is 65.6 Å². The summed E-state index contributed by atoms with van der Waals surface area (Å²) < 4.78 is 0. The number of carbonyl (C=O) groups is 1. The first-order valence-corrected chi connectivity index (χ1v) is 11.8. The van der Waals surface area contributed by atoms with Crippen LogP contribution in [0.15, 0.2) is 102 Å². The molecule has 4 heteroatoms. The van der Waals surface area contributed by atoms with Crippen LogP contribution in [-0.2, 0) is 4.79 Å². The van der Waals surface area contributed by atoms with Crippen LogP contribution < -0.4 is 4.90 Å². The Balaban J connectivity index is 1.36. The Kier molecular flexibility index (Phi) is 7.59. The fourth-order valence-electron chi connectivity index (χ4n) is 3.86. The van der Waals surface area contributed by atoms with Gasteiger partial charge in [0.2, 0.25) is 5.91 Å². The van der Waals surface area contributed by atoms with Crippen molar-refractivity contribution in [3.8, 4) is 0 Å². The summed E-state index contributed by atoms with van der Waals surface area (Å²) in [5, 5.41) is -0.205. The van der Waals surface area contributed by atoms with Crippen LogP contribution >= 0.6 is 11.8 Å². The molecule has 1 aliphatic rings. The van der Waals surface area contributed by atoms with E-state index in [-0.39, 0.29) is 11.2 Å². The number of rotatable bonds is 7. The van der Waals surface area contributed by atoms with E-state index in [0.717, 1.165) is 43.2 Å². The van der Waals surface area contributed by atoms with Crippen molar-refractivity contribution < 1.29 is 9.69 Å². The molecular weight excluding hydrogens is 400 g/mol. The zero-order valence-corrected chi connectivity index (χ0v) is 18.5. The highest BCUT2D eigenvalue weighted by molar-refractivity contribution is 8.00. The Labute approximate surface area is 189 Å². The summed E-state index contributed by atoms with van der Waals surface area (Å²) in [6.45, 7) is 4.60. The van der Waals surface area contributed by atoms with E-state index in [9.17, 15) is 4.79 Å². The minimum atomic E-state index is -0.205. The number of carbonyl (C=O) groups excluding carboxylic acids is 1. The van der Waals surface area contributed by atoms with Crippen molar-refractivity contribution in [2.24, 2.45) is 0 Å². The lowest BCUT2D eigenvalue weighted by Gasteiger charge is -2.34. The van der Waals surface area contributed by atoms with E-state index in [1.165, 1.54) is 10.5 Å². The van der Waals surface area contributed by atoms with Gasteiger partial charge in [-0.2, -0.15) is 0 Å². The van der Waals surface area contributed by atoms with Gasteiger partial charge in [-0.05, 0) is 29.3 Å². The van der Waals surface area contributed by atoms with Gasteiger partial charge < -0.3 is 9.80 Å². The maximum absolute atomic E-state index is 13.5. The van der Waals surface area contributed by atoms with Gasteiger partial charge in [-0.3, -0.25) is 4.79 Å². The monoisotopic (exact) mass is 429 g/mol. The third kappa shape index (κ3) is 6.09. The number of hydrogen-bond acceptors (Lipinski definition) is 2. The molecule has 0 aliphatic carbocycles. The zero-order valence-electron chi connectivity index (χ0n) is 17.7. The summed E-state index contributed by atoms with van der Waals surface area (Å²) in [5.74, 6) is 0.221. The lowest BCUT2D eigenvalue weighted by molar-refractivity contribution is -0.898. The molecule has 1 aliphatic heterocycles. The highest BCUT2D eigenvalue weighted by Gasteiger charge is 2.30. The van der Waals surface area contributed by atoms with Crippen LogP contribution in [0.3, 0.4) is 0 Å². The number of hydrogen-bond donors (Lipinski definition) is 1. The number of thioether (sulfide) groups is 1. The number of amides is 1. The molecule has 1 N–H and O–H groups in total. The van der Waals surface area contributed by atoms with Crippen LogP contribution in [0.2, 0.25) is 0 Å². The number of nitrogens with one attached hydrogen (secondary N) is 1. The molecule has 0 aromatic heterocycles. The molecule has 3 nitrogen and oxygen atoms in total. The molecule has 31 heavy (non-hydrogen) atoms. The highest BCUT2D eigenvalue weighted by Crippen LogP contribution is 2.36. The average Bonchev–Trinajstić information content (AvgIpc) is 2.84. The van der Waals surface area contributed by atoms with E-state index in [1.54, 1.807) is 11.8 Å². The molecule has 0 spiro atoms. The second kappa shape index (κ2) is 11.0. The van der Waals surface area contributed by atoms with Gasteiger partial charge in [-0.1, -0.05) is 84.9 Å². The molecule has 0 saturated carbocycles. The summed E-state index contributed by atoms with van der Waals surface area (Å²) in [4.78, 5) is 18.2. The zero-order chi connectivity index (χ0) is 21.3. The molecule has 1 heterocycles. The Bertz CT molecular complexity index is 968. The predicted molar refractivity (Wildman–Crippen MR) is 129 cm³/mol. The standard InChI is InChI=1S/C27H28N2OS/c30-27(26(24-14-6-2-7-15-24)31-25-16-8-3-9-17-25)29-21-19-28(20-22-29)18-10-13-23-11-4-1-5-12-23/h1-17,26H,18-22H2/p+1/b13-10+/t26-/m0/s1. The fraction of sp³-hybridized carbons (Fsp3) is 0.222. The first-order chi connectivity index (χ1) is 15.3. The Morgan fingerprint density at radius 1 is 0.871 bits per heavy atom. The molecule has 4 rings (SSSR count). The Morgan fingerprint density at radius 3 is 2.10 bits per heavy atom. The fourth-order valence-corrected chi connectivity index (χ4v) is 4.99. The third-order valence-corrected chi connectivity index (χ3v) is 6.88. The third-order valence-electron chi connectivity index (χ3n) is 5.62. The van der Waals surface area contributed by atoms with E-state index < -0.39 is 0 Å². The van der Waals surface area contributed by atoms with Crippen LogP contribution in [0.4, 0.5) is 0 Å². The van der Waals surface area contributed by atoms with Crippen molar-refractivity contribution >= 4 is 23.7 Å². The normalized spacial score (nSPS) is 15.8. The molecule has 3 aromatic rings. The summed E-state index contributed by atoms with van der Waals surface area (Å²) in [5.41, 5.74) is 2.31. The first-order valence-electron chi connectivity index (χ1n) is 10.9. The minimum absolute atomic E-state index is 0.205.